The topological polar surface area (TPSA) is 56.2 Å². The molecule has 0 aliphatic heterocycles. The van der Waals surface area contributed by atoms with E-state index < -0.39 is 0 Å². The molecule has 0 saturated heterocycles. The highest BCUT2D eigenvalue weighted by atomic mass is 35.5. The van der Waals surface area contributed by atoms with Gasteiger partial charge < -0.3 is 5.73 Å². The van der Waals surface area contributed by atoms with Crippen molar-refractivity contribution in [3.63, 3.8) is 0 Å². The van der Waals surface area contributed by atoms with Gasteiger partial charge in [0, 0.05) is 17.8 Å². The molecule has 3 aromatic rings. The van der Waals surface area contributed by atoms with Crippen LogP contribution in [0.3, 0.4) is 0 Å². The Hall–Kier alpha value is -2.07. The van der Waals surface area contributed by atoms with Gasteiger partial charge in [-0.05, 0) is 23.1 Å². The van der Waals surface area contributed by atoms with E-state index >= 15 is 0 Å². The van der Waals surface area contributed by atoms with E-state index in [0.717, 1.165) is 11.3 Å². The smallest absolute Gasteiger partial charge is 0.157 e. The second-order valence-electron chi connectivity index (χ2n) is 6.11. The van der Waals surface area contributed by atoms with Crippen LogP contribution >= 0.6 is 11.6 Å². The fraction of sp³-hybridized carbons (Fsp3) is 0.250. The van der Waals surface area contributed by atoms with Crippen molar-refractivity contribution < 1.29 is 0 Å². The lowest BCUT2D eigenvalue weighted by Crippen LogP contribution is -2.10. The summed E-state index contributed by atoms with van der Waals surface area (Å²) in [6, 6.07) is 9.68. The average molecular weight is 301 g/mol. The third kappa shape index (κ3) is 2.47. The molecule has 0 unspecified atom stereocenters. The van der Waals surface area contributed by atoms with E-state index in [2.05, 4.69) is 36.9 Å². The SMILES string of the molecule is CC(C)(C)c1ccc(-c2cc3nccc(N)n3n2)c(Cl)c1. The highest BCUT2D eigenvalue weighted by Gasteiger charge is 2.17. The molecule has 0 bridgehead atoms. The number of nitrogens with zero attached hydrogens (tertiary/aromatic N) is 3. The third-order valence-corrected chi connectivity index (χ3v) is 3.81. The van der Waals surface area contributed by atoms with Gasteiger partial charge in [0.05, 0.1) is 10.7 Å². The largest absolute Gasteiger partial charge is 0.384 e. The standard InChI is InChI=1S/C16H17ClN4/c1-16(2,3)10-4-5-11(12(17)8-10)13-9-15-19-7-6-14(18)21(15)20-13/h4-9H,18H2,1-3H3. The van der Waals surface area contributed by atoms with E-state index in [9.17, 15) is 0 Å². The van der Waals surface area contributed by atoms with E-state index in [0.29, 0.717) is 16.5 Å². The second kappa shape index (κ2) is 4.74. The van der Waals surface area contributed by atoms with E-state index in [1.165, 1.54) is 5.56 Å². The summed E-state index contributed by atoms with van der Waals surface area (Å²) in [6.45, 7) is 6.48. The number of benzene rings is 1. The van der Waals surface area contributed by atoms with Crippen molar-refractivity contribution >= 4 is 23.1 Å². The Morgan fingerprint density at radius 1 is 1.14 bits per heavy atom. The van der Waals surface area contributed by atoms with Gasteiger partial charge in [-0.2, -0.15) is 9.61 Å². The molecule has 0 atom stereocenters. The Labute approximate surface area is 128 Å². The molecule has 1 aromatic carbocycles. The predicted octanol–water partition coefficient (Wildman–Crippen LogP) is 3.93. The first-order valence-corrected chi connectivity index (χ1v) is 7.15. The van der Waals surface area contributed by atoms with Gasteiger partial charge in [-0.15, -0.1) is 0 Å². The number of rotatable bonds is 1. The zero-order valence-electron chi connectivity index (χ0n) is 12.3. The van der Waals surface area contributed by atoms with Gasteiger partial charge in [0.15, 0.2) is 5.65 Å². The normalized spacial score (nSPS) is 12.0. The van der Waals surface area contributed by atoms with Crippen molar-refractivity contribution in [1.82, 2.24) is 14.6 Å². The molecule has 4 nitrogen and oxygen atoms in total. The average Bonchev–Trinajstić information content (AvgIpc) is 2.82. The van der Waals surface area contributed by atoms with Crippen LogP contribution in [0.4, 0.5) is 5.82 Å². The van der Waals surface area contributed by atoms with Crippen LogP contribution in [0.5, 0.6) is 0 Å². The molecule has 0 radical (unpaired) electrons. The van der Waals surface area contributed by atoms with Crippen LogP contribution in [-0.4, -0.2) is 14.6 Å². The van der Waals surface area contributed by atoms with E-state index in [1.54, 1.807) is 16.8 Å². The molecule has 0 saturated carbocycles. The van der Waals surface area contributed by atoms with Crippen LogP contribution < -0.4 is 5.73 Å². The highest BCUT2D eigenvalue weighted by molar-refractivity contribution is 6.33. The van der Waals surface area contributed by atoms with E-state index in [1.807, 2.05) is 18.2 Å². The Kier molecular flexibility index (Phi) is 3.14. The number of fused-ring (bicyclic) bond motifs is 1. The molecule has 3 rings (SSSR count). The number of halogens is 1. The Balaban J connectivity index is 2.13. The second-order valence-corrected chi connectivity index (χ2v) is 6.52. The van der Waals surface area contributed by atoms with Crippen molar-refractivity contribution in [3.05, 3.63) is 47.1 Å². The minimum absolute atomic E-state index is 0.0626. The number of anilines is 1. The monoisotopic (exact) mass is 300 g/mol. The zero-order chi connectivity index (χ0) is 15.2. The summed E-state index contributed by atoms with van der Waals surface area (Å²) in [5, 5.41) is 5.16. The summed E-state index contributed by atoms with van der Waals surface area (Å²) >= 11 is 6.44. The summed E-state index contributed by atoms with van der Waals surface area (Å²) in [7, 11) is 0. The maximum Gasteiger partial charge on any atom is 0.157 e. The molecule has 108 valence electrons. The molecule has 0 aliphatic carbocycles. The first-order chi connectivity index (χ1) is 9.86. The van der Waals surface area contributed by atoms with Crippen LogP contribution in [0.25, 0.3) is 16.9 Å². The lowest BCUT2D eigenvalue weighted by Gasteiger charge is -2.19. The lowest BCUT2D eigenvalue weighted by atomic mass is 9.86. The zero-order valence-corrected chi connectivity index (χ0v) is 13.0. The molecule has 2 heterocycles. The number of nitrogen functional groups attached to an aromatic ring is 1. The minimum Gasteiger partial charge on any atom is -0.384 e. The molecular weight excluding hydrogens is 284 g/mol. The lowest BCUT2D eigenvalue weighted by molar-refractivity contribution is 0.590. The summed E-state index contributed by atoms with van der Waals surface area (Å²) in [4.78, 5) is 4.25. The van der Waals surface area contributed by atoms with Gasteiger partial charge in [0.25, 0.3) is 0 Å². The molecule has 5 heteroatoms. The summed E-state index contributed by atoms with van der Waals surface area (Å²) in [5.74, 6) is 0.550. The van der Waals surface area contributed by atoms with Crippen molar-refractivity contribution in [1.29, 1.82) is 0 Å². The summed E-state index contributed by atoms with van der Waals surface area (Å²) in [5.41, 5.74) is 9.51. The molecule has 0 spiro atoms. The quantitative estimate of drug-likeness (QED) is 0.741. The van der Waals surface area contributed by atoms with Crippen LogP contribution in [0.15, 0.2) is 36.5 Å². The Bertz CT molecular complexity index is 815. The van der Waals surface area contributed by atoms with Gasteiger partial charge >= 0.3 is 0 Å². The van der Waals surface area contributed by atoms with Gasteiger partial charge in [-0.25, -0.2) is 4.98 Å². The molecule has 2 N–H and O–H groups in total. The number of aromatic nitrogens is 3. The number of hydrogen-bond donors (Lipinski definition) is 1. The van der Waals surface area contributed by atoms with Crippen LogP contribution in [-0.2, 0) is 5.41 Å². The van der Waals surface area contributed by atoms with Gasteiger partial charge in [-0.1, -0.05) is 44.5 Å². The molecular formula is C16H17ClN4. The van der Waals surface area contributed by atoms with E-state index in [4.69, 9.17) is 17.3 Å². The Morgan fingerprint density at radius 3 is 2.52 bits per heavy atom. The minimum atomic E-state index is 0.0626. The van der Waals surface area contributed by atoms with Crippen molar-refractivity contribution in [2.75, 3.05) is 5.73 Å². The van der Waals surface area contributed by atoms with Crippen LogP contribution in [0.2, 0.25) is 5.02 Å². The Morgan fingerprint density at radius 2 is 1.90 bits per heavy atom. The maximum absolute atomic E-state index is 6.44. The number of hydrogen-bond acceptors (Lipinski definition) is 3. The third-order valence-electron chi connectivity index (χ3n) is 3.50. The molecule has 0 fully saturated rings. The number of nitrogens with two attached hydrogens (primary N) is 1. The van der Waals surface area contributed by atoms with Crippen molar-refractivity contribution in [2.24, 2.45) is 0 Å². The van der Waals surface area contributed by atoms with Crippen molar-refractivity contribution in [3.8, 4) is 11.3 Å². The van der Waals surface area contributed by atoms with E-state index in [-0.39, 0.29) is 5.41 Å². The first kappa shape index (κ1) is 13.9. The molecule has 0 amide bonds. The summed E-state index contributed by atoms with van der Waals surface area (Å²) < 4.78 is 1.61. The van der Waals surface area contributed by atoms with Gasteiger partial charge in [-0.3, -0.25) is 0 Å². The maximum atomic E-state index is 6.44. The highest BCUT2D eigenvalue weighted by Crippen LogP contribution is 2.32. The van der Waals surface area contributed by atoms with Crippen molar-refractivity contribution in [2.45, 2.75) is 26.2 Å². The predicted molar refractivity (Wildman–Crippen MR) is 86.5 cm³/mol. The molecule has 21 heavy (non-hydrogen) atoms. The van der Waals surface area contributed by atoms with Crippen LogP contribution in [0.1, 0.15) is 26.3 Å². The molecule has 0 aliphatic rings. The summed E-state index contributed by atoms with van der Waals surface area (Å²) in [6.07, 6.45) is 1.67. The fourth-order valence-corrected chi connectivity index (χ4v) is 2.51. The fourth-order valence-electron chi connectivity index (χ4n) is 2.23. The van der Waals surface area contributed by atoms with Crippen LogP contribution in [0, 0.1) is 0 Å². The van der Waals surface area contributed by atoms with Gasteiger partial charge in [0.1, 0.15) is 5.82 Å². The first-order valence-electron chi connectivity index (χ1n) is 6.77. The molecule has 2 aromatic heterocycles. The van der Waals surface area contributed by atoms with Gasteiger partial charge in [0.2, 0.25) is 0 Å².